The lowest BCUT2D eigenvalue weighted by molar-refractivity contribution is -0.145. The summed E-state index contributed by atoms with van der Waals surface area (Å²) in [6, 6.07) is 4.06. The van der Waals surface area contributed by atoms with Crippen LogP contribution >= 0.6 is 23.2 Å². The van der Waals surface area contributed by atoms with E-state index < -0.39 is 30.3 Å². The number of likely N-dealkylation sites (N-methyl/N-ethyl adjacent to an activating group) is 1. The molecule has 0 atom stereocenters. The van der Waals surface area contributed by atoms with Crippen molar-refractivity contribution in [1.82, 2.24) is 14.7 Å². The van der Waals surface area contributed by atoms with E-state index in [4.69, 9.17) is 23.2 Å². The second-order valence-corrected chi connectivity index (χ2v) is 7.60. The van der Waals surface area contributed by atoms with E-state index in [1.54, 1.807) is 25.2 Å². The molecule has 0 bridgehead atoms. The van der Waals surface area contributed by atoms with Gasteiger partial charge in [0.2, 0.25) is 5.91 Å². The van der Waals surface area contributed by atoms with Crippen LogP contribution in [0.25, 0.3) is 0 Å². The van der Waals surface area contributed by atoms with Gasteiger partial charge in [0, 0.05) is 19.6 Å². The Kier molecular flexibility index (Phi) is 5.72. The van der Waals surface area contributed by atoms with Gasteiger partial charge in [0.15, 0.2) is 0 Å². The predicted molar refractivity (Wildman–Crippen MR) is 99.1 cm³/mol. The van der Waals surface area contributed by atoms with Gasteiger partial charge in [-0.2, -0.15) is 0 Å². The molecule has 0 aromatic heterocycles. The zero-order chi connectivity index (χ0) is 19.7. The second-order valence-electron chi connectivity index (χ2n) is 6.79. The number of halogens is 2. The van der Waals surface area contributed by atoms with E-state index in [0.717, 1.165) is 28.2 Å². The number of carbonyl (C=O) groups excluding carboxylic acids is 4. The molecule has 1 aromatic rings. The van der Waals surface area contributed by atoms with Crippen molar-refractivity contribution < 1.29 is 19.2 Å². The summed E-state index contributed by atoms with van der Waals surface area (Å²) in [6.45, 7) is -0.239. The topological polar surface area (TPSA) is 78.0 Å². The summed E-state index contributed by atoms with van der Waals surface area (Å²) >= 11 is 11.8. The van der Waals surface area contributed by atoms with Crippen LogP contribution in [0.3, 0.4) is 0 Å². The van der Waals surface area contributed by atoms with Crippen LogP contribution < -0.4 is 0 Å². The maximum Gasteiger partial charge on any atom is 0.334 e. The highest BCUT2D eigenvalue weighted by Gasteiger charge is 2.48. The molecule has 27 heavy (non-hydrogen) atoms. The first kappa shape index (κ1) is 19.6. The first-order chi connectivity index (χ1) is 12.8. The van der Waals surface area contributed by atoms with E-state index in [-0.39, 0.29) is 12.6 Å². The lowest BCUT2D eigenvalue weighted by Gasteiger charge is -2.22. The van der Waals surface area contributed by atoms with Gasteiger partial charge in [0.25, 0.3) is 0 Å². The van der Waals surface area contributed by atoms with Crippen LogP contribution in [0.5, 0.6) is 0 Å². The van der Waals surface area contributed by atoms with Crippen molar-refractivity contribution in [2.45, 2.75) is 38.3 Å². The van der Waals surface area contributed by atoms with Crippen molar-refractivity contribution in [3.63, 3.8) is 0 Å². The third-order valence-electron chi connectivity index (χ3n) is 4.90. The van der Waals surface area contributed by atoms with E-state index in [1.807, 2.05) is 0 Å². The van der Waals surface area contributed by atoms with E-state index in [0.29, 0.717) is 22.9 Å². The summed E-state index contributed by atoms with van der Waals surface area (Å²) in [7, 11) is 1.55. The second kappa shape index (κ2) is 7.86. The molecule has 1 saturated heterocycles. The zero-order valence-electron chi connectivity index (χ0n) is 14.8. The Morgan fingerprint density at radius 2 is 1.78 bits per heavy atom. The number of imide groups is 2. The molecule has 1 aromatic carbocycles. The molecule has 0 radical (unpaired) electrons. The number of hydrogen-bond acceptors (Lipinski definition) is 4. The van der Waals surface area contributed by atoms with Gasteiger partial charge in [-0.15, -0.1) is 0 Å². The Labute approximate surface area is 166 Å². The average molecular weight is 412 g/mol. The average Bonchev–Trinajstić information content (AvgIpc) is 3.21. The van der Waals surface area contributed by atoms with Crippen LogP contribution in [0.15, 0.2) is 18.2 Å². The number of nitrogens with zero attached hydrogens (tertiary/aromatic N) is 3. The number of urea groups is 1. The van der Waals surface area contributed by atoms with E-state index in [2.05, 4.69) is 0 Å². The monoisotopic (exact) mass is 411 g/mol. The molecule has 5 amide bonds. The molecule has 3 rings (SSSR count). The van der Waals surface area contributed by atoms with E-state index >= 15 is 0 Å². The minimum absolute atomic E-state index is 0.228. The van der Waals surface area contributed by atoms with Crippen molar-refractivity contribution in [1.29, 1.82) is 0 Å². The fourth-order valence-corrected chi connectivity index (χ4v) is 3.72. The molecular formula is C18H19Cl2N3O4. The first-order valence-corrected chi connectivity index (χ1v) is 9.42. The quantitative estimate of drug-likeness (QED) is 0.551. The number of carbonyl (C=O) groups is 4. The van der Waals surface area contributed by atoms with Gasteiger partial charge >= 0.3 is 17.8 Å². The van der Waals surface area contributed by atoms with Gasteiger partial charge in [-0.3, -0.25) is 19.3 Å². The largest absolute Gasteiger partial charge is 0.340 e. The van der Waals surface area contributed by atoms with E-state index in [1.165, 1.54) is 4.90 Å². The molecule has 0 unspecified atom stereocenters. The molecule has 2 fully saturated rings. The molecular weight excluding hydrogens is 393 g/mol. The smallest absolute Gasteiger partial charge is 0.334 e. The van der Waals surface area contributed by atoms with Crippen LogP contribution in [0.2, 0.25) is 10.0 Å². The molecule has 1 saturated carbocycles. The summed E-state index contributed by atoms with van der Waals surface area (Å²) in [5.74, 6) is -2.24. The van der Waals surface area contributed by atoms with Gasteiger partial charge in [-0.05, 0) is 30.5 Å². The molecule has 1 aliphatic carbocycles. The van der Waals surface area contributed by atoms with Gasteiger partial charge in [0.05, 0.1) is 10.0 Å². The molecule has 0 spiro atoms. The normalized spacial score (nSPS) is 18.0. The van der Waals surface area contributed by atoms with Crippen molar-refractivity contribution in [2.75, 3.05) is 13.6 Å². The highest BCUT2D eigenvalue weighted by atomic mass is 35.5. The zero-order valence-corrected chi connectivity index (χ0v) is 16.3. The van der Waals surface area contributed by atoms with Gasteiger partial charge < -0.3 is 4.90 Å². The highest BCUT2D eigenvalue weighted by Crippen LogP contribution is 2.28. The molecule has 2 aliphatic rings. The third-order valence-corrected chi connectivity index (χ3v) is 5.64. The summed E-state index contributed by atoms with van der Waals surface area (Å²) in [4.78, 5) is 52.5. The molecule has 144 valence electrons. The van der Waals surface area contributed by atoms with Crippen molar-refractivity contribution >= 4 is 47.0 Å². The summed E-state index contributed by atoms with van der Waals surface area (Å²) in [5.41, 5.74) is 0.753. The standard InChI is InChI=1S/C18H19Cl2N3O4/c1-21(9-11-6-7-13(19)14(20)8-11)15(24)10-22-16(25)17(26)23(18(22)27)12-4-2-3-5-12/h6-8,12H,2-5,9-10H2,1H3. The van der Waals surface area contributed by atoms with Gasteiger partial charge in [0.1, 0.15) is 6.54 Å². The SMILES string of the molecule is CN(Cc1ccc(Cl)c(Cl)c1)C(=O)CN1C(=O)C(=O)N(C2CCCC2)C1=O. The molecule has 1 heterocycles. The van der Waals surface area contributed by atoms with Crippen molar-refractivity contribution in [3.8, 4) is 0 Å². The third kappa shape index (κ3) is 3.94. The Balaban J connectivity index is 1.65. The van der Waals surface area contributed by atoms with Crippen LogP contribution in [0.1, 0.15) is 31.2 Å². The molecule has 0 N–H and O–H groups in total. The minimum atomic E-state index is -0.941. The molecule has 9 heteroatoms. The van der Waals surface area contributed by atoms with Crippen LogP contribution in [-0.4, -0.2) is 58.1 Å². The lowest BCUT2D eigenvalue weighted by Crippen LogP contribution is -2.43. The first-order valence-electron chi connectivity index (χ1n) is 8.66. The predicted octanol–water partition coefficient (Wildman–Crippen LogP) is 2.69. The summed E-state index contributed by atoms with van der Waals surface area (Å²) < 4.78 is 0. The number of hydrogen-bond donors (Lipinski definition) is 0. The van der Waals surface area contributed by atoms with Crippen molar-refractivity contribution in [2.24, 2.45) is 0 Å². The maximum atomic E-state index is 12.5. The van der Waals surface area contributed by atoms with Gasteiger partial charge in [-0.25, -0.2) is 9.69 Å². The van der Waals surface area contributed by atoms with Crippen molar-refractivity contribution in [3.05, 3.63) is 33.8 Å². The highest BCUT2D eigenvalue weighted by molar-refractivity contribution is 6.45. The Hall–Kier alpha value is -2.12. The number of rotatable bonds is 5. The maximum absolute atomic E-state index is 12.5. The van der Waals surface area contributed by atoms with Crippen LogP contribution in [-0.2, 0) is 20.9 Å². The Morgan fingerprint density at radius 1 is 1.11 bits per heavy atom. The fraction of sp³-hybridized carbons (Fsp3) is 0.444. The van der Waals surface area contributed by atoms with Crippen LogP contribution in [0.4, 0.5) is 4.79 Å². The summed E-state index contributed by atoms with van der Waals surface area (Å²) in [6.07, 6.45) is 3.23. The molecule has 1 aliphatic heterocycles. The van der Waals surface area contributed by atoms with Gasteiger partial charge in [-0.1, -0.05) is 42.1 Å². The van der Waals surface area contributed by atoms with Crippen LogP contribution in [0, 0.1) is 0 Å². The minimum Gasteiger partial charge on any atom is -0.340 e. The Bertz CT molecular complexity index is 808. The number of benzene rings is 1. The Morgan fingerprint density at radius 3 is 2.41 bits per heavy atom. The lowest BCUT2D eigenvalue weighted by atomic mass is 10.2. The van der Waals surface area contributed by atoms with E-state index in [9.17, 15) is 19.2 Å². The molecule has 7 nitrogen and oxygen atoms in total. The fourth-order valence-electron chi connectivity index (χ4n) is 3.40. The summed E-state index contributed by atoms with van der Waals surface area (Å²) in [5, 5.41) is 0.783. The number of amides is 5.